The molecule has 6 nitrogen and oxygen atoms in total. The molecule has 1 aromatic carbocycles. The molecule has 3 atom stereocenters. The van der Waals surface area contributed by atoms with Crippen LogP contribution >= 0.6 is 46.1 Å². The fourth-order valence-electron chi connectivity index (χ4n) is 5.19. The predicted octanol–water partition coefficient (Wildman–Crippen LogP) is 5.56. The summed E-state index contributed by atoms with van der Waals surface area (Å²) >= 11 is 19.0. The lowest BCUT2D eigenvalue weighted by Crippen LogP contribution is -2.42. The quantitative estimate of drug-likeness (QED) is 0.475. The number of carbonyl (C=O) groups is 2. The van der Waals surface area contributed by atoms with Crippen LogP contribution in [0.25, 0.3) is 0 Å². The van der Waals surface area contributed by atoms with Crippen molar-refractivity contribution in [3.05, 3.63) is 53.6 Å². The largest absolute Gasteiger partial charge is 0.435 e. The number of nitrogens with zero attached hydrogens (tertiary/aromatic N) is 1. The molecular weight excluding hydrogens is 550 g/mol. The number of amides is 2. The van der Waals surface area contributed by atoms with Gasteiger partial charge in [-0.05, 0) is 48.4 Å². The average molecular weight is 567 g/mol. The molecular formula is C22H17Cl3F3N3O3S. The van der Waals surface area contributed by atoms with E-state index in [2.05, 4.69) is 10.5 Å². The third kappa shape index (κ3) is 3.80. The van der Waals surface area contributed by atoms with E-state index in [4.69, 9.17) is 45.4 Å². The molecule has 3 N–H and O–H groups in total. The van der Waals surface area contributed by atoms with Crippen LogP contribution in [0.15, 0.2) is 17.3 Å². The molecule has 0 bridgehead atoms. The summed E-state index contributed by atoms with van der Waals surface area (Å²) in [5.74, 6) is -1.38. The molecule has 2 aliphatic heterocycles. The summed E-state index contributed by atoms with van der Waals surface area (Å²) < 4.78 is 43.5. The molecule has 1 saturated heterocycles. The fraction of sp³-hybridized carbons (Fsp3) is 0.409. The Bertz CT molecular complexity index is 1270. The Morgan fingerprint density at radius 1 is 1.20 bits per heavy atom. The first-order valence-electron chi connectivity index (χ1n) is 10.6. The highest BCUT2D eigenvalue weighted by Crippen LogP contribution is 2.53. The van der Waals surface area contributed by atoms with Crippen molar-refractivity contribution in [2.75, 3.05) is 6.54 Å². The molecule has 1 aromatic heterocycles. The number of alkyl halides is 3. The molecule has 186 valence electrons. The molecule has 35 heavy (non-hydrogen) atoms. The molecule has 2 aromatic rings. The van der Waals surface area contributed by atoms with E-state index in [-0.39, 0.29) is 49.0 Å². The number of halogens is 6. The van der Waals surface area contributed by atoms with Gasteiger partial charge in [-0.3, -0.25) is 9.59 Å². The fourth-order valence-corrected chi connectivity index (χ4v) is 7.04. The van der Waals surface area contributed by atoms with Crippen LogP contribution in [0.4, 0.5) is 13.2 Å². The molecule has 1 aliphatic carbocycles. The second kappa shape index (κ2) is 8.54. The van der Waals surface area contributed by atoms with Crippen molar-refractivity contribution in [2.45, 2.75) is 43.4 Å². The number of hydrogen-bond acceptors (Lipinski definition) is 5. The van der Waals surface area contributed by atoms with Crippen molar-refractivity contribution in [1.29, 1.82) is 0 Å². The monoisotopic (exact) mass is 565 g/mol. The molecule has 2 amide bonds. The third-order valence-corrected chi connectivity index (χ3v) is 9.33. The number of nitrogens with two attached hydrogens (primary N) is 1. The van der Waals surface area contributed by atoms with E-state index < -0.39 is 24.1 Å². The molecule has 0 radical (unpaired) electrons. The van der Waals surface area contributed by atoms with E-state index in [0.717, 1.165) is 23.5 Å². The highest BCUT2D eigenvalue weighted by Gasteiger charge is 2.63. The van der Waals surface area contributed by atoms with E-state index in [0.29, 0.717) is 41.8 Å². The first-order valence-corrected chi connectivity index (χ1v) is 12.6. The Labute approximate surface area is 216 Å². The maximum Gasteiger partial charge on any atom is 0.435 e. The van der Waals surface area contributed by atoms with E-state index in [1.165, 1.54) is 0 Å². The molecule has 3 aliphatic rings. The predicted molar refractivity (Wildman–Crippen MR) is 126 cm³/mol. The number of thiophene rings is 1. The SMILES string of the molecule is NC(=O)c1sc(C2=NOC(c3cc(Cl)c(Cl)c(Cl)c3)(C(F)(F)F)C2)c2c1CCC2[C@H]1CCNC1=O. The lowest BCUT2D eigenvalue weighted by Gasteiger charge is -2.30. The van der Waals surface area contributed by atoms with Gasteiger partial charge in [-0.1, -0.05) is 40.0 Å². The number of carbonyl (C=O) groups excluding carboxylic acids is 2. The van der Waals surface area contributed by atoms with Crippen molar-refractivity contribution in [3.8, 4) is 0 Å². The second-order valence-electron chi connectivity index (χ2n) is 8.73. The van der Waals surface area contributed by atoms with Gasteiger partial charge in [0.25, 0.3) is 11.5 Å². The lowest BCUT2D eigenvalue weighted by molar-refractivity contribution is -0.275. The van der Waals surface area contributed by atoms with Crippen LogP contribution in [-0.2, 0) is 21.7 Å². The maximum absolute atomic E-state index is 14.5. The molecule has 13 heteroatoms. The van der Waals surface area contributed by atoms with Crippen molar-refractivity contribution in [1.82, 2.24) is 5.32 Å². The van der Waals surface area contributed by atoms with Crippen LogP contribution in [0, 0.1) is 5.92 Å². The minimum atomic E-state index is -4.89. The molecule has 2 unspecified atom stereocenters. The zero-order valence-corrected chi connectivity index (χ0v) is 20.9. The Morgan fingerprint density at radius 3 is 2.46 bits per heavy atom. The third-order valence-electron chi connectivity index (χ3n) is 6.82. The average Bonchev–Trinajstić information content (AvgIpc) is 3.54. The van der Waals surface area contributed by atoms with Gasteiger partial charge in [0.1, 0.15) is 5.71 Å². The minimum absolute atomic E-state index is 0.0172. The summed E-state index contributed by atoms with van der Waals surface area (Å²) in [7, 11) is 0. The van der Waals surface area contributed by atoms with Gasteiger partial charge in [-0.2, -0.15) is 13.2 Å². The lowest BCUT2D eigenvalue weighted by atomic mass is 9.83. The van der Waals surface area contributed by atoms with Crippen molar-refractivity contribution in [2.24, 2.45) is 16.8 Å². The zero-order valence-electron chi connectivity index (χ0n) is 17.8. The second-order valence-corrected chi connectivity index (χ2v) is 10.9. The summed E-state index contributed by atoms with van der Waals surface area (Å²) in [6.45, 7) is 0.525. The van der Waals surface area contributed by atoms with Crippen LogP contribution in [0.3, 0.4) is 0 Å². The van der Waals surface area contributed by atoms with E-state index in [1.807, 2.05) is 0 Å². The highest BCUT2D eigenvalue weighted by molar-refractivity contribution is 7.16. The Kier molecular flexibility index (Phi) is 6.02. The van der Waals surface area contributed by atoms with E-state index in [9.17, 15) is 22.8 Å². The van der Waals surface area contributed by atoms with Crippen molar-refractivity contribution < 1.29 is 27.6 Å². The van der Waals surface area contributed by atoms with Gasteiger partial charge in [0, 0.05) is 18.0 Å². The zero-order chi connectivity index (χ0) is 25.3. The molecule has 3 heterocycles. The summed E-state index contributed by atoms with van der Waals surface area (Å²) in [6, 6.07) is 2.11. The van der Waals surface area contributed by atoms with Crippen molar-refractivity contribution in [3.63, 3.8) is 0 Å². The summed E-state index contributed by atoms with van der Waals surface area (Å²) in [6.07, 6.45) is -3.89. The summed E-state index contributed by atoms with van der Waals surface area (Å²) in [4.78, 5) is 30.4. The van der Waals surface area contributed by atoms with Crippen LogP contribution in [-0.4, -0.2) is 30.2 Å². The topological polar surface area (TPSA) is 93.8 Å². The molecule has 0 saturated carbocycles. The van der Waals surface area contributed by atoms with Gasteiger partial charge in [-0.15, -0.1) is 11.3 Å². The van der Waals surface area contributed by atoms with Crippen LogP contribution in [0.5, 0.6) is 0 Å². The van der Waals surface area contributed by atoms with Gasteiger partial charge in [0.05, 0.1) is 31.2 Å². The molecule has 1 fully saturated rings. The Hall–Kier alpha value is -2.01. The first-order chi connectivity index (χ1) is 16.4. The first kappa shape index (κ1) is 24.7. The van der Waals surface area contributed by atoms with E-state index >= 15 is 0 Å². The van der Waals surface area contributed by atoms with Crippen LogP contribution in [0.2, 0.25) is 15.1 Å². The summed E-state index contributed by atoms with van der Waals surface area (Å²) in [5.41, 5.74) is 3.73. The summed E-state index contributed by atoms with van der Waals surface area (Å²) in [5, 5.41) is 6.26. The van der Waals surface area contributed by atoms with Gasteiger partial charge in [-0.25, -0.2) is 0 Å². The van der Waals surface area contributed by atoms with E-state index in [1.54, 1.807) is 0 Å². The van der Waals surface area contributed by atoms with Gasteiger partial charge in [0.15, 0.2) is 0 Å². The Morgan fingerprint density at radius 2 is 1.89 bits per heavy atom. The maximum atomic E-state index is 14.5. The highest BCUT2D eigenvalue weighted by atomic mass is 35.5. The normalized spacial score (nSPS) is 25.9. The molecule has 0 spiro atoms. The molecule has 5 rings (SSSR count). The standard InChI is InChI=1S/C22H17Cl3F3N3O3S/c23-12-5-8(6-13(24)16(12)25)21(22(26,27)28)7-14(31-34-21)18-15-9(10-3-4-30-20(10)33)1-2-11(15)17(35-18)19(29)32/h5-6,9-10H,1-4,7H2,(H2,29,32)(H,30,33)/t9?,10-,21?/m1/s1. The van der Waals surface area contributed by atoms with Gasteiger partial charge < -0.3 is 15.9 Å². The number of primary amides is 1. The van der Waals surface area contributed by atoms with Gasteiger partial charge in [0.2, 0.25) is 5.91 Å². The number of oxime groups is 1. The number of rotatable bonds is 4. The number of hydrogen-bond donors (Lipinski definition) is 2. The van der Waals surface area contributed by atoms with Crippen molar-refractivity contribution >= 4 is 63.7 Å². The van der Waals surface area contributed by atoms with Gasteiger partial charge >= 0.3 is 6.18 Å². The van der Waals surface area contributed by atoms with Crippen LogP contribution in [0.1, 0.15) is 56.4 Å². The smallest absolute Gasteiger partial charge is 0.374 e. The number of fused-ring (bicyclic) bond motifs is 1. The Balaban J connectivity index is 1.60. The number of nitrogens with one attached hydrogen (secondary N) is 1. The minimum Gasteiger partial charge on any atom is -0.374 e. The van der Waals surface area contributed by atoms with Crippen LogP contribution < -0.4 is 11.1 Å². The number of benzene rings is 1.